The van der Waals surface area contributed by atoms with E-state index in [1.807, 2.05) is 25.1 Å². The van der Waals surface area contributed by atoms with Crippen LogP contribution in [0.1, 0.15) is 43.9 Å². The summed E-state index contributed by atoms with van der Waals surface area (Å²) in [6.07, 6.45) is 1.88. The van der Waals surface area contributed by atoms with Crippen molar-refractivity contribution >= 4 is 55.7 Å². The number of carbonyl (C=O) groups excluding carboxylic acids is 2. The van der Waals surface area contributed by atoms with Gasteiger partial charge in [0.1, 0.15) is 17.3 Å². The zero-order chi connectivity index (χ0) is 27.5. The number of nitrogens with zero attached hydrogens (tertiary/aromatic N) is 2. The molecule has 4 aromatic rings. The maximum absolute atomic E-state index is 13.5. The fourth-order valence-electron chi connectivity index (χ4n) is 4.50. The number of unbranched alkanes of at least 4 members (excludes halogenated alkanes) is 1. The van der Waals surface area contributed by atoms with Gasteiger partial charge in [-0.3, -0.25) is 14.5 Å². The first-order valence-corrected chi connectivity index (χ1v) is 13.9. The van der Waals surface area contributed by atoms with E-state index >= 15 is 0 Å². The summed E-state index contributed by atoms with van der Waals surface area (Å²) in [6, 6.07) is 18.3. The first-order chi connectivity index (χ1) is 18.9. The molecule has 0 radical (unpaired) electrons. The molecule has 200 valence electrons. The number of halogens is 1. The Morgan fingerprint density at radius 3 is 2.59 bits per heavy atom. The van der Waals surface area contributed by atoms with E-state index in [1.54, 1.807) is 48.5 Å². The molecule has 1 aliphatic rings. The van der Waals surface area contributed by atoms with Gasteiger partial charge in [-0.1, -0.05) is 60.5 Å². The zero-order valence-electron chi connectivity index (χ0n) is 21.5. The van der Waals surface area contributed by atoms with Gasteiger partial charge in [0.15, 0.2) is 5.13 Å². The van der Waals surface area contributed by atoms with Crippen molar-refractivity contribution in [3.05, 3.63) is 88.5 Å². The largest absolute Gasteiger partial charge is 0.507 e. The number of hydrogen-bond donors (Lipinski definition) is 1. The van der Waals surface area contributed by atoms with E-state index in [0.717, 1.165) is 17.5 Å². The van der Waals surface area contributed by atoms with E-state index in [0.29, 0.717) is 51.5 Å². The molecular weight excluding hydrogens is 536 g/mol. The molecule has 1 atom stereocenters. The molecule has 1 fully saturated rings. The Morgan fingerprint density at radius 2 is 1.82 bits per heavy atom. The second-order valence-electron chi connectivity index (χ2n) is 9.01. The lowest BCUT2D eigenvalue weighted by Gasteiger charge is -2.23. The van der Waals surface area contributed by atoms with Crippen LogP contribution in [0.2, 0.25) is 5.02 Å². The average molecular weight is 563 g/mol. The number of amides is 1. The van der Waals surface area contributed by atoms with Gasteiger partial charge in [0.25, 0.3) is 5.78 Å². The fraction of sp³-hybridized carbons (Fsp3) is 0.233. The van der Waals surface area contributed by atoms with E-state index < -0.39 is 17.7 Å². The number of aliphatic hydroxyl groups excluding tert-OH is 1. The third kappa shape index (κ3) is 5.35. The highest BCUT2D eigenvalue weighted by atomic mass is 35.5. The minimum Gasteiger partial charge on any atom is -0.507 e. The number of hydrogen-bond acceptors (Lipinski definition) is 7. The van der Waals surface area contributed by atoms with Crippen molar-refractivity contribution in [2.75, 3.05) is 18.1 Å². The maximum Gasteiger partial charge on any atom is 0.301 e. The van der Waals surface area contributed by atoms with Gasteiger partial charge in [0, 0.05) is 10.6 Å². The zero-order valence-corrected chi connectivity index (χ0v) is 23.1. The Kier molecular flexibility index (Phi) is 7.86. The molecular formula is C30H27ClN2O5S. The number of fused-ring (bicyclic) bond motifs is 1. The summed E-state index contributed by atoms with van der Waals surface area (Å²) in [5.41, 5.74) is 1.58. The monoisotopic (exact) mass is 562 g/mol. The molecule has 1 unspecified atom stereocenters. The number of ketones is 1. The number of Topliss-reactive ketones (excluding diaryl/α,β-unsaturated/α-hetero) is 1. The van der Waals surface area contributed by atoms with E-state index in [1.165, 1.54) is 16.2 Å². The predicted octanol–water partition coefficient (Wildman–Crippen LogP) is 7.15. The fourth-order valence-corrected chi connectivity index (χ4v) is 5.72. The number of aromatic nitrogens is 1. The molecule has 1 N–H and O–H groups in total. The van der Waals surface area contributed by atoms with Crippen LogP contribution in [0.3, 0.4) is 0 Å². The minimum absolute atomic E-state index is 0.0396. The lowest BCUT2D eigenvalue weighted by atomic mass is 9.95. The van der Waals surface area contributed by atoms with Gasteiger partial charge in [0.05, 0.1) is 35.0 Å². The number of thiazole rings is 1. The number of rotatable bonds is 9. The summed E-state index contributed by atoms with van der Waals surface area (Å²) >= 11 is 7.59. The maximum atomic E-state index is 13.5. The molecule has 0 bridgehead atoms. The van der Waals surface area contributed by atoms with Crippen LogP contribution in [0.5, 0.6) is 11.5 Å². The van der Waals surface area contributed by atoms with Crippen LogP contribution >= 0.6 is 22.9 Å². The van der Waals surface area contributed by atoms with Crippen LogP contribution in [-0.4, -0.2) is 35.0 Å². The van der Waals surface area contributed by atoms with Crippen LogP contribution < -0.4 is 14.4 Å². The summed E-state index contributed by atoms with van der Waals surface area (Å²) in [5.74, 6) is -0.612. The van der Waals surface area contributed by atoms with Crippen molar-refractivity contribution in [1.82, 2.24) is 4.98 Å². The van der Waals surface area contributed by atoms with Crippen LogP contribution in [0, 0.1) is 0 Å². The standard InChI is InChI=1S/C30H27ClN2O5S/c1-3-5-14-38-21-11-7-9-19(16-21)27(34)25-26(18-8-6-10-20(31)15-18)33(29(36)28(25)35)30-32-23-13-12-22(37-4-2)17-24(23)39-30/h6-13,15-17,26,34H,3-5,14H2,1-2H3. The molecule has 1 aromatic heterocycles. The summed E-state index contributed by atoms with van der Waals surface area (Å²) < 4.78 is 12.2. The summed E-state index contributed by atoms with van der Waals surface area (Å²) in [7, 11) is 0. The van der Waals surface area contributed by atoms with Crippen molar-refractivity contribution in [2.24, 2.45) is 0 Å². The Bertz CT molecular complexity index is 1580. The molecule has 9 heteroatoms. The first kappa shape index (κ1) is 26.7. The molecule has 1 saturated heterocycles. The lowest BCUT2D eigenvalue weighted by Crippen LogP contribution is -2.29. The minimum atomic E-state index is -0.930. The number of anilines is 1. The topological polar surface area (TPSA) is 89.0 Å². The van der Waals surface area contributed by atoms with Crippen LogP contribution in [0.15, 0.2) is 72.3 Å². The molecule has 1 amide bonds. The lowest BCUT2D eigenvalue weighted by molar-refractivity contribution is -0.132. The van der Waals surface area contributed by atoms with Crippen molar-refractivity contribution < 1.29 is 24.2 Å². The number of aliphatic hydroxyl groups is 1. The molecule has 2 heterocycles. The molecule has 1 aliphatic heterocycles. The van der Waals surface area contributed by atoms with Gasteiger partial charge in [-0.2, -0.15) is 0 Å². The summed E-state index contributed by atoms with van der Waals surface area (Å²) in [5, 5.41) is 12.2. The van der Waals surface area contributed by atoms with Crippen LogP contribution in [0.25, 0.3) is 16.0 Å². The Labute approximate surface area is 235 Å². The highest BCUT2D eigenvalue weighted by molar-refractivity contribution is 7.22. The quantitative estimate of drug-likeness (QED) is 0.101. The van der Waals surface area contributed by atoms with Gasteiger partial charge < -0.3 is 14.6 Å². The Hall–Kier alpha value is -3.88. The first-order valence-electron chi connectivity index (χ1n) is 12.7. The molecule has 7 nitrogen and oxygen atoms in total. The van der Waals surface area contributed by atoms with E-state index in [2.05, 4.69) is 11.9 Å². The number of benzene rings is 3. The molecule has 0 spiro atoms. The molecule has 39 heavy (non-hydrogen) atoms. The second kappa shape index (κ2) is 11.5. The van der Waals surface area contributed by atoms with E-state index in [9.17, 15) is 14.7 Å². The predicted molar refractivity (Wildman–Crippen MR) is 154 cm³/mol. The Balaban J connectivity index is 1.63. The van der Waals surface area contributed by atoms with Crippen molar-refractivity contribution in [1.29, 1.82) is 0 Å². The van der Waals surface area contributed by atoms with Crippen molar-refractivity contribution in [3.63, 3.8) is 0 Å². The normalized spacial score (nSPS) is 16.7. The Morgan fingerprint density at radius 1 is 1.03 bits per heavy atom. The van der Waals surface area contributed by atoms with E-state index in [4.69, 9.17) is 21.1 Å². The van der Waals surface area contributed by atoms with Crippen molar-refractivity contribution in [2.45, 2.75) is 32.7 Å². The van der Waals surface area contributed by atoms with E-state index in [-0.39, 0.29) is 11.3 Å². The SMILES string of the molecule is CCCCOc1cccc(C(O)=C2C(=O)C(=O)N(c3nc4ccc(OCC)cc4s3)C2c2cccc(Cl)c2)c1. The molecule has 3 aromatic carbocycles. The summed E-state index contributed by atoms with van der Waals surface area (Å²) in [4.78, 5) is 33.0. The van der Waals surface area contributed by atoms with Gasteiger partial charge >= 0.3 is 5.91 Å². The number of carbonyl (C=O) groups is 2. The van der Waals surface area contributed by atoms with Crippen LogP contribution in [0.4, 0.5) is 5.13 Å². The molecule has 0 aliphatic carbocycles. The van der Waals surface area contributed by atoms with Gasteiger partial charge in [0.2, 0.25) is 0 Å². The third-order valence-electron chi connectivity index (χ3n) is 6.35. The van der Waals surface area contributed by atoms with Gasteiger partial charge in [-0.05, 0) is 61.4 Å². The highest BCUT2D eigenvalue weighted by Crippen LogP contribution is 2.45. The average Bonchev–Trinajstić information content (AvgIpc) is 3.46. The molecule has 0 saturated carbocycles. The third-order valence-corrected chi connectivity index (χ3v) is 7.60. The number of ether oxygens (including phenoxy) is 2. The highest BCUT2D eigenvalue weighted by Gasteiger charge is 2.48. The second-order valence-corrected chi connectivity index (χ2v) is 10.5. The van der Waals surface area contributed by atoms with Crippen molar-refractivity contribution in [3.8, 4) is 11.5 Å². The smallest absolute Gasteiger partial charge is 0.301 e. The molecule has 5 rings (SSSR count). The summed E-state index contributed by atoms with van der Waals surface area (Å²) in [6.45, 7) is 5.03. The van der Waals surface area contributed by atoms with Gasteiger partial charge in [-0.25, -0.2) is 4.98 Å². The van der Waals surface area contributed by atoms with Crippen LogP contribution in [-0.2, 0) is 9.59 Å². The van der Waals surface area contributed by atoms with Gasteiger partial charge in [-0.15, -0.1) is 0 Å².